The molecule has 0 saturated carbocycles. The second-order valence-electron chi connectivity index (χ2n) is 8.17. The smallest absolute Gasteiger partial charge is 0.240 e. The van der Waals surface area contributed by atoms with E-state index in [9.17, 15) is 14.4 Å². The Morgan fingerprint density at radius 3 is 2.53 bits per heavy atom. The third-order valence-corrected chi connectivity index (χ3v) is 7.05. The van der Waals surface area contributed by atoms with E-state index in [1.165, 1.54) is 11.2 Å². The Hall–Kier alpha value is -3.45. The second-order valence-corrected chi connectivity index (χ2v) is 9.08. The number of Topliss-reactive ketones (excluding diaryl/α,β-unsaturated/α-hetero) is 1. The zero-order valence-corrected chi connectivity index (χ0v) is 18.3. The number of rotatable bonds is 3. The lowest BCUT2D eigenvalue weighted by molar-refractivity contribution is -0.123. The second kappa shape index (κ2) is 7.03. The van der Waals surface area contributed by atoms with Crippen molar-refractivity contribution in [2.45, 2.75) is 12.1 Å². The maximum absolute atomic E-state index is 13.7. The third-order valence-electron chi connectivity index (χ3n) is 6.56. The first-order valence-electron chi connectivity index (χ1n) is 10.3. The number of fused-ring (bicyclic) bond motifs is 5. The third kappa shape index (κ3) is 2.61. The number of hydrogen-bond donors (Lipinski definition) is 0. The molecule has 0 radical (unpaired) electrons. The number of ketones is 1. The zero-order valence-electron chi connectivity index (χ0n) is 16.7. The van der Waals surface area contributed by atoms with Crippen LogP contribution in [0.15, 0.2) is 82.0 Å². The summed E-state index contributed by atoms with van der Waals surface area (Å²) in [4.78, 5) is 44.1. The van der Waals surface area contributed by atoms with E-state index < -0.39 is 23.9 Å². The average Bonchev–Trinajstić information content (AvgIpc) is 3.50. The Kier molecular flexibility index (Phi) is 4.23. The summed E-state index contributed by atoms with van der Waals surface area (Å²) in [5.41, 5.74) is 2.43. The van der Waals surface area contributed by atoms with Crippen molar-refractivity contribution in [3.63, 3.8) is 0 Å². The van der Waals surface area contributed by atoms with E-state index in [4.69, 9.17) is 4.42 Å². The van der Waals surface area contributed by atoms with Gasteiger partial charge in [0.1, 0.15) is 6.04 Å². The maximum Gasteiger partial charge on any atom is 0.240 e. The average molecular weight is 489 g/mol. The Morgan fingerprint density at radius 1 is 0.938 bits per heavy atom. The minimum atomic E-state index is -0.825. The van der Waals surface area contributed by atoms with Gasteiger partial charge in [0, 0.05) is 10.7 Å². The summed E-state index contributed by atoms with van der Waals surface area (Å²) < 4.78 is 6.15. The van der Waals surface area contributed by atoms with E-state index in [2.05, 4.69) is 15.9 Å². The zero-order chi connectivity index (χ0) is 22.0. The monoisotopic (exact) mass is 488 g/mol. The van der Waals surface area contributed by atoms with Crippen molar-refractivity contribution in [3.8, 4) is 0 Å². The number of nitrogens with zero attached hydrogens (tertiary/aromatic N) is 2. The van der Waals surface area contributed by atoms with Gasteiger partial charge in [-0.05, 0) is 47.5 Å². The van der Waals surface area contributed by atoms with Crippen molar-refractivity contribution in [3.05, 3.63) is 94.5 Å². The Balaban J connectivity index is 1.51. The lowest BCUT2D eigenvalue weighted by Gasteiger charge is -2.35. The normalized spacial score (nSPS) is 25.7. The van der Waals surface area contributed by atoms with Crippen molar-refractivity contribution >= 4 is 45.3 Å². The van der Waals surface area contributed by atoms with Crippen LogP contribution in [0.4, 0.5) is 5.69 Å². The fraction of sp³-hybridized carbons (Fsp3) is 0.160. The van der Waals surface area contributed by atoms with Crippen LogP contribution >= 0.6 is 15.9 Å². The summed E-state index contributed by atoms with van der Waals surface area (Å²) in [5.74, 6) is -2.23. The summed E-state index contributed by atoms with van der Waals surface area (Å²) in [6.45, 7) is 0. The number of amides is 2. The van der Waals surface area contributed by atoms with Crippen LogP contribution in [0.2, 0.25) is 0 Å². The standard InChI is InChI=1S/C25H17BrN2O4/c26-15-6-3-7-16(13-15)28-24(30)19-20(25(28)31)22(23(29)18-9-4-12-32-18)27-11-10-14-5-1-2-8-17(14)21(19)27/h1-13,19-22H/t19-,20+,21-,22-/m0/s1. The molecular weight excluding hydrogens is 472 g/mol. The van der Waals surface area contributed by atoms with Crippen LogP contribution in [-0.2, 0) is 9.59 Å². The van der Waals surface area contributed by atoms with E-state index in [0.717, 1.165) is 15.6 Å². The summed E-state index contributed by atoms with van der Waals surface area (Å²) in [6.07, 6.45) is 5.20. The van der Waals surface area contributed by atoms with Gasteiger partial charge in [-0.15, -0.1) is 0 Å². The number of imide groups is 1. The van der Waals surface area contributed by atoms with Crippen molar-refractivity contribution in [2.75, 3.05) is 4.90 Å². The van der Waals surface area contributed by atoms with Crippen LogP contribution < -0.4 is 4.90 Å². The molecule has 2 amide bonds. The van der Waals surface area contributed by atoms with E-state index >= 15 is 0 Å². The Morgan fingerprint density at radius 2 is 1.75 bits per heavy atom. The van der Waals surface area contributed by atoms with Gasteiger partial charge in [0.15, 0.2) is 5.76 Å². The van der Waals surface area contributed by atoms with Crippen LogP contribution in [0.1, 0.15) is 27.7 Å². The van der Waals surface area contributed by atoms with Gasteiger partial charge in [-0.3, -0.25) is 14.4 Å². The molecule has 0 unspecified atom stereocenters. The molecule has 3 aliphatic rings. The lowest BCUT2D eigenvalue weighted by atomic mass is 9.84. The first-order valence-corrected chi connectivity index (χ1v) is 11.1. The summed E-state index contributed by atoms with van der Waals surface area (Å²) >= 11 is 3.42. The van der Waals surface area contributed by atoms with Gasteiger partial charge in [-0.1, -0.05) is 46.3 Å². The van der Waals surface area contributed by atoms with E-state index in [1.54, 1.807) is 30.3 Å². The highest BCUT2D eigenvalue weighted by atomic mass is 79.9. The molecule has 4 heterocycles. The highest BCUT2D eigenvalue weighted by molar-refractivity contribution is 9.10. The number of hydrogen-bond acceptors (Lipinski definition) is 5. The lowest BCUT2D eigenvalue weighted by Crippen LogP contribution is -2.44. The van der Waals surface area contributed by atoms with Crippen LogP contribution in [0.5, 0.6) is 0 Å². The molecule has 0 spiro atoms. The van der Waals surface area contributed by atoms with Crippen LogP contribution in [0, 0.1) is 11.8 Å². The predicted octanol–water partition coefficient (Wildman–Crippen LogP) is 4.44. The van der Waals surface area contributed by atoms with Crippen LogP contribution in [0.3, 0.4) is 0 Å². The number of carbonyl (C=O) groups is 3. The minimum absolute atomic E-state index is 0.183. The minimum Gasteiger partial charge on any atom is -0.461 e. The van der Waals surface area contributed by atoms with Gasteiger partial charge in [0.2, 0.25) is 17.6 Å². The number of benzene rings is 2. The molecule has 0 bridgehead atoms. The maximum atomic E-state index is 13.7. The molecule has 1 aromatic heterocycles. The van der Waals surface area contributed by atoms with E-state index in [-0.39, 0.29) is 23.4 Å². The molecular formula is C25H17BrN2O4. The quantitative estimate of drug-likeness (QED) is 0.402. The number of halogens is 1. The van der Waals surface area contributed by atoms with Crippen molar-refractivity contribution in [1.82, 2.24) is 4.90 Å². The number of anilines is 1. The predicted molar refractivity (Wildman–Crippen MR) is 120 cm³/mol. The molecule has 2 fully saturated rings. The first-order chi connectivity index (χ1) is 15.6. The summed E-state index contributed by atoms with van der Waals surface area (Å²) in [7, 11) is 0. The van der Waals surface area contributed by atoms with Gasteiger partial charge < -0.3 is 9.32 Å². The molecule has 0 N–H and O–H groups in total. The molecule has 3 aromatic rings. The van der Waals surface area contributed by atoms with Gasteiger partial charge in [0.25, 0.3) is 0 Å². The van der Waals surface area contributed by atoms with Gasteiger partial charge in [-0.2, -0.15) is 0 Å². The molecule has 32 heavy (non-hydrogen) atoms. The van der Waals surface area contributed by atoms with E-state index in [0.29, 0.717) is 5.69 Å². The van der Waals surface area contributed by atoms with Gasteiger partial charge in [0.05, 0.1) is 29.8 Å². The molecule has 158 valence electrons. The number of carbonyl (C=O) groups excluding carboxylic acids is 3. The van der Waals surface area contributed by atoms with Crippen LogP contribution in [-0.4, -0.2) is 28.5 Å². The largest absolute Gasteiger partial charge is 0.461 e. The highest BCUT2D eigenvalue weighted by Gasteiger charge is 2.64. The molecule has 6 nitrogen and oxygen atoms in total. The SMILES string of the molecule is O=C(c1ccco1)[C@@H]1[C@@H]2C(=O)N(c3cccc(Br)c3)C(=O)[C@@H]2[C@@H]2c3ccccc3C=CN12. The molecule has 6 rings (SSSR count). The Labute approximate surface area is 192 Å². The summed E-state index contributed by atoms with van der Waals surface area (Å²) in [6, 6.07) is 16.9. The number of furan rings is 1. The molecule has 2 aromatic carbocycles. The molecule has 2 saturated heterocycles. The molecule has 3 aliphatic heterocycles. The summed E-state index contributed by atoms with van der Waals surface area (Å²) in [5, 5.41) is 0. The van der Waals surface area contributed by atoms with Crippen molar-refractivity contribution in [1.29, 1.82) is 0 Å². The van der Waals surface area contributed by atoms with Gasteiger partial charge >= 0.3 is 0 Å². The topological polar surface area (TPSA) is 70.8 Å². The van der Waals surface area contributed by atoms with E-state index in [1.807, 2.05) is 47.5 Å². The molecule has 0 aliphatic carbocycles. The Bertz CT molecular complexity index is 1300. The fourth-order valence-electron chi connectivity index (χ4n) is 5.29. The fourth-order valence-corrected chi connectivity index (χ4v) is 5.68. The first kappa shape index (κ1) is 19.3. The van der Waals surface area contributed by atoms with Crippen molar-refractivity contribution < 1.29 is 18.8 Å². The molecule has 7 heteroatoms. The molecule has 4 atom stereocenters. The highest BCUT2D eigenvalue weighted by Crippen LogP contribution is 2.53. The van der Waals surface area contributed by atoms with Crippen LogP contribution in [0.25, 0.3) is 6.08 Å². The van der Waals surface area contributed by atoms with Gasteiger partial charge in [-0.25, -0.2) is 4.90 Å². The van der Waals surface area contributed by atoms with Crippen molar-refractivity contribution in [2.24, 2.45) is 11.8 Å².